The number of hydrogen-bond donors (Lipinski definition) is 1. The number of ether oxygens (including phenoxy) is 1. The summed E-state index contributed by atoms with van der Waals surface area (Å²) in [5.41, 5.74) is -0.785. The molecule has 3 heterocycles. The van der Waals surface area contributed by atoms with E-state index in [2.05, 4.69) is 25.9 Å². The minimum atomic E-state index is -1.57. The first kappa shape index (κ1) is 19.2. The van der Waals surface area contributed by atoms with Crippen LogP contribution in [0.1, 0.15) is 43.6 Å². The highest BCUT2D eigenvalue weighted by molar-refractivity contribution is 9.10. The SMILES string of the molecule is Cc1nc2c(c(=O)[nH]1)C1(C(=O)N(C)c3ccc(Br)cc31)C1=C(CC(C)(C)CC1=O)O2. The van der Waals surface area contributed by atoms with E-state index in [-0.39, 0.29) is 40.5 Å². The second kappa shape index (κ2) is 5.91. The largest absolute Gasteiger partial charge is 0.442 e. The molecule has 30 heavy (non-hydrogen) atoms. The van der Waals surface area contributed by atoms with Crippen molar-refractivity contribution >= 4 is 33.3 Å². The lowest BCUT2D eigenvalue weighted by Crippen LogP contribution is -2.51. The van der Waals surface area contributed by atoms with E-state index in [4.69, 9.17) is 4.74 Å². The fourth-order valence-electron chi connectivity index (χ4n) is 5.04. The number of Topliss-reactive ketones (excluding diaryl/α,β-unsaturated/α-hetero) is 1. The molecule has 2 aliphatic heterocycles. The molecule has 1 atom stereocenters. The summed E-state index contributed by atoms with van der Waals surface area (Å²) in [6, 6.07) is 5.46. The summed E-state index contributed by atoms with van der Waals surface area (Å²) < 4.78 is 6.81. The molecule has 0 saturated heterocycles. The van der Waals surface area contributed by atoms with Crippen LogP contribution in [0.2, 0.25) is 0 Å². The quantitative estimate of drug-likeness (QED) is 0.639. The summed E-state index contributed by atoms with van der Waals surface area (Å²) in [5.74, 6) is 0.372. The Hall–Kier alpha value is -2.74. The Labute approximate surface area is 181 Å². The molecule has 3 aliphatic rings. The Morgan fingerprint density at radius 3 is 2.67 bits per heavy atom. The second-order valence-corrected chi connectivity index (χ2v) is 9.86. The molecule has 1 unspecified atom stereocenters. The summed E-state index contributed by atoms with van der Waals surface area (Å²) in [4.78, 5) is 49.2. The van der Waals surface area contributed by atoms with Gasteiger partial charge in [0.15, 0.2) is 5.78 Å². The van der Waals surface area contributed by atoms with E-state index in [9.17, 15) is 14.4 Å². The number of benzene rings is 1. The molecule has 154 valence electrons. The van der Waals surface area contributed by atoms with Crippen molar-refractivity contribution in [1.82, 2.24) is 9.97 Å². The van der Waals surface area contributed by atoms with Crippen molar-refractivity contribution in [2.75, 3.05) is 11.9 Å². The molecule has 2 aromatic rings. The van der Waals surface area contributed by atoms with Gasteiger partial charge in [0.2, 0.25) is 11.8 Å². The van der Waals surface area contributed by atoms with E-state index >= 15 is 0 Å². The van der Waals surface area contributed by atoms with E-state index in [0.717, 1.165) is 4.47 Å². The van der Waals surface area contributed by atoms with E-state index < -0.39 is 11.0 Å². The lowest BCUT2D eigenvalue weighted by molar-refractivity contribution is -0.125. The Morgan fingerprint density at radius 1 is 1.20 bits per heavy atom. The maximum atomic E-state index is 13.9. The van der Waals surface area contributed by atoms with Gasteiger partial charge in [0.25, 0.3) is 5.56 Å². The van der Waals surface area contributed by atoms with Crippen molar-refractivity contribution in [3.63, 3.8) is 0 Å². The number of allylic oxidation sites excluding steroid dienone is 1. The van der Waals surface area contributed by atoms with Crippen molar-refractivity contribution in [2.45, 2.75) is 39.0 Å². The smallest absolute Gasteiger partial charge is 0.259 e. The third kappa shape index (κ3) is 2.31. The zero-order chi connectivity index (χ0) is 21.6. The second-order valence-electron chi connectivity index (χ2n) is 8.95. The van der Waals surface area contributed by atoms with Gasteiger partial charge in [0, 0.05) is 35.6 Å². The van der Waals surface area contributed by atoms with Crippen LogP contribution in [0.3, 0.4) is 0 Å². The topological polar surface area (TPSA) is 92.4 Å². The number of hydrogen-bond acceptors (Lipinski definition) is 5. The predicted molar refractivity (Wildman–Crippen MR) is 114 cm³/mol. The van der Waals surface area contributed by atoms with Crippen LogP contribution < -0.4 is 15.2 Å². The van der Waals surface area contributed by atoms with Gasteiger partial charge in [-0.15, -0.1) is 0 Å². The third-order valence-electron chi connectivity index (χ3n) is 6.16. The van der Waals surface area contributed by atoms with Gasteiger partial charge in [-0.3, -0.25) is 14.4 Å². The summed E-state index contributed by atoms with van der Waals surface area (Å²) in [5, 5.41) is 0. The zero-order valence-corrected chi connectivity index (χ0v) is 18.6. The average Bonchev–Trinajstić information content (AvgIpc) is 2.82. The number of fused-ring (bicyclic) bond motifs is 5. The number of ketones is 1. The molecule has 1 amide bonds. The number of H-pyrrole nitrogens is 1. The van der Waals surface area contributed by atoms with Crippen LogP contribution in [0.5, 0.6) is 5.88 Å². The summed E-state index contributed by atoms with van der Waals surface area (Å²) in [6.45, 7) is 5.64. The average molecular weight is 470 g/mol. The fraction of sp³-hybridized carbons (Fsp3) is 0.364. The number of amides is 1. The Kier molecular flexibility index (Phi) is 3.79. The minimum Gasteiger partial charge on any atom is -0.442 e. The van der Waals surface area contributed by atoms with Crippen molar-refractivity contribution in [1.29, 1.82) is 0 Å². The number of nitrogens with one attached hydrogen (secondary N) is 1. The number of rotatable bonds is 0. The van der Waals surface area contributed by atoms with Gasteiger partial charge in [-0.2, -0.15) is 4.98 Å². The van der Waals surface area contributed by atoms with Gasteiger partial charge in [-0.1, -0.05) is 29.8 Å². The van der Waals surface area contributed by atoms with Gasteiger partial charge in [0.1, 0.15) is 22.6 Å². The molecule has 7 nitrogen and oxygen atoms in total. The highest BCUT2D eigenvalue weighted by atomic mass is 79.9. The van der Waals surface area contributed by atoms with Crippen LogP contribution in [0.4, 0.5) is 5.69 Å². The molecule has 0 saturated carbocycles. The van der Waals surface area contributed by atoms with Gasteiger partial charge < -0.3 is 14.6 Å². The van der Waals surface area contributed by atoms with Crippen LogP contribution in [-0.4, -0.2) is 28.7 Å². The van der Waals surface area contributed by atoms with Gasteiger partial charge >= 0.3 is 0 Å². The summed E-state index contributed by atoms with van der Waals surface area (Å²) in [6.07, 6.45) is 0.743. The summed E-state index contributed by atoms with van der Waals surface area (Å²) in [7, 11) is 1.66. The van der Waals surface area contributed by atoms with E-state index in [0.29, 0.717) is 29.3 Å². The summed E-state index contributed by atoms with van der Waals surface area (Å²) >= 11 is 3.48. The van der Waals surface area contributed by atoms with Crippen LogP contribution in [0.15, 0.2) is 38.8 Å². The molecule has 0 fully saturated rings. The molecule has 1 aliphatic carbocycles. The van der Waals surface area contributed by atoms with Crippen LogP contribution in [0.25, 0.3) is 0 Å². The highest BCUT2D eigenvalue weighted by Gasteiger charge is 2.62. The maximum absolute atomic E-state index is 13.9. The van der Waals surface area contributed by atoms with Crippen molar-refractivity contribution in [3.05, 3.63) is 61.3 Å². The zero-order valence-electron chi connectivity index (χ0n) is 17.1. The van der Waals surface area contributed by atoms with Crippen LogP contribution >= 0.6 is 15.9 Å². The van der Waals surface area contributed by atoms with Gasteiger partial charge in [-0.05, 0) is 30.5 Å². The number of aryl methyl sites for hydroxylation is 1. The standard InChI is InChI=1S/C22H20BrN3O4/c1-10-24-18(28)17-19(25-10)30-15-9-21(2,3)8-14(27)16(15)22(17)12-7-11(23)5-6-13(12)26(4)20(22)29/h5-7H,8-9H2,1-4H3,(H,24,25,28). The van der Waals surface area contributed by atoms with Crippen molar-refractivity contribution in [2.24, 2.45) is 5.41 Å². The molecule has 5 rings (SSSR count). The molecule has 1 aromatic carbocycles. The number of likely N-dealkylation sites (N-methyl/N-ethyl adjacent to an activating group) is 1. The van der Waals surface area contributed by atoms with Crippen LogP contribution in [0, 0.1) is 12.3 Å². The molecule has 1 N–H and O–H groups in total. The van der Waals surface area contributed by atoms with Crippen molar-refractivity contribution < 1.29 is 14.3 Å². The Bertz CT molecular complexity index is 1260. The van der Waals surface area contributed by atoms with E-state index in [1.54, 1.807) is 14.0 Å². The third-order valence-corrected chi connectivity index (χ3v) is 6.65. The fourth-order valence-corrected chi connectivity index (χ4v) is 5.40. The van der Waals surface area contributed by atoms with E-state index in [1.807, 2.05) is 32.0 Å². The van der Waals surface area contributed by atoms with Gasteiger partial charge in [0.05, 0.1) is 5.57 Å². The number of carbonyl (C=O) groups is 2. The number of aromatic amines is 1. The monoisotopic (exact) mass is 469 g/mol. The lowest BCUT2D eigenvalue weighted by atomic mass is 9.62. The first-order valence-corrected chi connectivity index (χ1v) is 10.5. The minimum absolute atomic E-state index is 0.0774. The Balaban J connectivity index is 1.97. The lowest BCUT2D eigenvalue weighted by Gasteiger charge is -2.41. The molecule has 8 heteroatoms. The molecular weight excluding hydrogens is 450 g/mol. The van der Waals surface area contributed by atoms with Crippen LogP contribution in [-0.2, 0) is 15.0 Å². The molecule has 1 aromatic heterocycles. The van der Waals surface area contributed by atoms with Gasteiger partial charge in [-0.25, -0.2) is 0 Å². The normalized spacial score (nSPS) is 24.0. The number of halogens is 1. The molecule has 0 bridgehead atoms. The highest BCUT2D eigenvalue weighted by Crippen LogP contribution is 2.57. The number of carbonyl (C=O) groups excluding carboxylic acids is 2. The van der Waals surface area contributed by atoms with Crippen molar-refractivity contribution in [3.8, 4) is 5.88 Å². The first-order chi connectivity index (χ1) is 14.1. The number of nitrogens with zero attached hydrogens (tertiary/aromatic N) is 2. The number of aromatic nitrogens is 2. The number of anilines is 1. The Morgan fingerprint density at radius 2 is 1.93 bits per heavy atom. The molecular formula is C22H20BrN3O4. The first-order valence-electron chi connectivity index (χ1n) is 9.70. The predicted octanol–water partition coefficient (Wildman–Crippen LogP) is 3.14. The molecule has 1 spiro atoms. The van der Waals surface area contributed by atoms with E-state index in [1.165, 1.54) is 4.90 Å². The maximum Gasteiger partial charge on any atom is 0.259 e. The molecule has 0 radical (unpaired) electrons.